The molecule has 0 radical (unpaired) electrons. The predicted molar refractivity (Wildman–Crippen MR) is 109 cm³/mol. The number of carbonyl (C=O) groups excluding carboxylic acids is 1. The number of aryl methyl sites for hydroxylation is 1. The molecule has 2 aromatic carbocycles. The molecule has 0 spiro atoms. The molecule has 6 nitrogen and oxygen atoms in total. The topological polar surface area (TPSA) is 90.3 Å². The number of anilines is 1. The molecule has 2 aromatic rings. The lowest BCUT2D eigenvalue weighted by Gasteiger charge is -2.18. The van der Waals surface area contributed by atoms with Gasteiger partial charge in [-0.15, -0.1) is 0 Å². The van der Waals surface area contributed by atoms with Crippen LogP contribution in [-0.2, 0) is 27.7 Å². The zero-order valence-corrected chi connectivity index (χ0v) is 17.0. The van der Waals surface area contributed by atoms with Crippen LogP contribution in [0, 0.1) is 11.3 Å². The zero-order valence-electron chi connectivity index (χ0n) is 16.2. The standard InChI is InChI=1S/C21H25N3O3S/c1-3-24(4-2)28(26,27)20-12-7-17(8-13-20)9-14-21(25)23-19-10-5-18(6-11-19)15-16-22/h5-8,10-13H,3-4,9,14-15H2,1-2H3,(H,23,25). The normalized spacial score (nSPS) is 11.2. The van der Waals surface area contributed by atoms with Crippen molar-refractivity contribution in [3.63, 3.8) is 0 Å². The summed E-state index contributed by atoms with van der Waals surface area (Å²) in [6.07, 6.45) is 1.15. The highest BCUT2D eigenvalue weighted by molar-refractivity contribution is 7.89. The molecule has 0 heterocycles. The average molecular weight is 400 g/mol. The van der Waals surface area contributed by atoms with Crippen molar-refractivity contribution in [2.75, 3.05) is 18.4 Å². The van der Waals surface area contributed by atoms with Crippen molar-refractivity contribution >= 4 is 21.6 Å². The summed E-state index contributed by atoms with van der Waals surface area (Å²) < 4.78 is 26.4. The van der Waals surface area contributed by atoms with Crippen molar-refractivity contribution in [2.45, 2.75) is 38.0 Å². The van der Waals surface area contributed by atoms with Crippen LogP contribution >= 0.6 is 0 Å². The van der Waals surface area contributed by atoms with Crippen LogP contribution in [0.3, 0.4) is 0 Å². The quantitative estimate of drug-likeness (QED) is 0.700. The number of nitrogens with zero attached hydrogens (tertiary/aromatic N) is 2. The largest absolute Gasteiger partial charge is 0.326 e. The summed E-state index contributed by atoms with van der Waals surface area (Å²) in [5.74, 6) is -0.118. The van der Waals surface area contributed by atoms with E-state index in [9.17, 15) is 13.2 Å². The Labute approximate surface area is 166 Å². The van der Waals surface area contributed by atoms with Gasteiger partial charge < -0.3 is 5.32 Å². The van der Waals surface area contributed by atoms with Crippen LogP contribution in [0.25, 0.3) is 0 Å². The van der Waals surface area contributed by atoms with Crippen LogP contribution in [0.5, 0.6) is 0 Å². The van der Waals surface area contributed by atoms with Gasteiger partial charge in [-0.1, -0.05) is 38.1 Å². The van der Waals surface area contributed by atoms with Crippen molar-refractivity contribution in [2.24, 2.45) is 0 Å². The molecule has 28 heavy (non-hydrogen) atoms. The number of hydrogen-bond acceptors (Lipinski definition) is 4. The minimum Gasteiger partial charge on any atom is -0.326 e. The molecule has 1 amide bonds. The third kappa shape index (κ3) is 5.65. The van der Waals surface area contributed by atoms with Gasteiger partial charge in [0.2, 0.25) is 15.9 Å². The van der Waals surface area contributed by atoms with Gasteiger partial charge in [-0.05, 0) is 41.8 Å². The highest BCUT2D eigenvalue weighted by Crippen LogP contribution is 2.17. The number of nitriles is 1. The number of carbonyl (C=O) groups is 1. The van der Waals surface area contributed by atoms with E-state index in [0.29, 0.717) is 38.0 Å². The van der Waals surface area contributed by atoms with Gasteiger partial charge in [0.1, 0.15) is 0 Å². The van der Waals surface area contributed by atoms with Crippen molar-refractivity contribution < 1.29 is 13.2 Å². The zero-order chi connectivity index (χ0) is 20.6. The van der Waals surface area contributed by atoms with Crippen LogP contribution in [-0.4, -0.2) is 31.7 Å². The Hall–Kier alpha value is -2.69. The summed E-state index contributed by atoms with van der Waals surface area (Å²) in [4.78, 5) is 12.4. The first-order chi connectivity index (χ1) is 13.4. The Bertz CT molecular complexity index is 926. The van der Waals surface area contributed by atoms with E-state index in [0.717, 1.165) is 11.1 Å². The molecule has 0 atom stereocenters. The fourth-order valence-electron chi connectivity index (χ4n) is 2.82. The van der Waals surface area contributed by atoms with E-state index in [1.165, 1.54) is 4.31 Å². The first-order valence-corrected chi connectivity index (χ1v) is 10.7. The molecule has 0 aliphatic rings. The van der Waals surface area contributed by atoms with Gasteiger partial charge >= 0.3 is 0 Å². The highest BCUT2D eigenvalue weighted by atomic mass is 32.2. The van der Waals surface area contributed by atoms with E-state index >= 15 is 0 Å². The molecular weight excluding hydrogens is 374 g/mol. The average Bonchev–Trinajstić information content (AvgIpc) is 2.69. The van der Waals surface area contributed by atoms with Crippen LogP contribution in [0.15, 0.2) is 53.4 Å². The number of sulfonamides is 1. The second-order valence-electron chi connectivity index (χ2n) is 6.31. The van der Waals surface area contributed by atoms with Crippen molar-refractivity contribution in [3.05, 3.63) is 59.7 Å². The Morgan fingerprint density at radius 3 is 2.11 bits per heavy atom. The van der Waals surface area contributed by atoms with Crippen LogP contribution in [0.1, 0.15) is 31.4 Å². The minimum atomic E-state index is -3.46. The lowest BCUT2D eigenvalue weighted by molar-refractivity contribution is -0.116. The van der Waals surface area contributed by atoms with Crippen LogP contribution in [0.2, 0.25) is 0 Å². The fraction of sp³-hybridized carbons (Fsp3) is 0.333. The lowest BCUT2D eigenvalue weighted by atomic mass is 10.1. The summed E-state index contributed by atoms with van der Waals surface area (Å²) in [6, 6.07) is 15.9. The monoisotopic (exact) mass is 399 g/mol. The van der Waals surface area contributed by atoms with Gasteiger partial charge in [-0.25, -0.2) is 8.42 Å². The number of rotatable bonds is 9. The van der Waals surface area contributed by atoms with Crippen LogP contribution < -0.4 is 5.32 Å². The summed E-state index contributed by atoms with van der Waals surface area (Å²) in [5, 5.41) is 11.5. The molecule has 0 fully saturated rings. The predicted octanol–water partition coefficient (Wildman–Crippen LogP) is 3.35. The number of nitrogens with one attached hydrogen (secondary N) is 1. The maximum Gasteiger partial charge on any atom is 0.243 e. The highest BCUT2D eigenvalue weighted by Gasteiger charge is 2.21. The Morgan fingerprint density at radius 2 is 1.57 bits per heavy atom. The molecule has 0 bridgehead atoms. The maximum absolute atomic E-state index is 12.5. The summed E-state index contributed by atoms with van der Waals surface area (Å²) in [6.45, 7) is 4.48. The van der Waals surface area contributed by atoms with Gasteiger partial charge in [-0.2, -0.15) is 9.57 Å². The Kier molecular flexibility index (Phi) is 7.73. The first-order valence-electron chi connectivity index (χ1n) is 9.25. The van der Waals surface area contributed by atoms with Crippen LogP contribution in [0.4, 0.5) is 5.69 Å². The molecule has 0 aromatic heterocycles. The van der Waals surface area contributed by atoms with Crippen molar-refractivity contribution in [1.82, 2.24) is 4.31 Å². The molecule has 1 N–H and O–H groups in total. The number of amides is 1. The van der Waals surface area contributed by atoms with Gasteiger partial charge in [0.05, 0.1) is 17.4 Å². The SMILES string of the molecule is CCN(CC)S(=O)(=O)c1ccc(CCC(=O)Nc2ccc(CC#N)cc2)cc1. The van der Waals surface area contributed by atoms with Gasteiger partial charge in [-0.3, -0.25) is 4.79 Å². The second kappa shape index (κ2) is 10.0. The smallest absolute Gasteiger partial charge is 0.243 e. The number of benzene rings is 2. The molecule has 0 unspecified atom stereocenters. The molecule has 7 heteroatoms. The fourth-order valence-corrected chi connectivity index (χ4v) is 4.28. The lowest BCUT2D eigenvalue weighted by Crippen LogP contribution is -2.30. The molecule has 0 saturated heterocycles. The molecular formula is C21H25N3O3S. The second-order valence-corrected chi connectivity index (χ2v) is 8.25. The summed E-state index contributed by atoms with van der Waals surface area (Å²) in [5.41, 5.74) is 2.49. The van der Waals surface area contributed by atoms with E-state index in [1.807, 2.05) is 26.0 Å². The molecule has 0 aliphatic heterocycles. The minimum absolute atomic E-state index is 0.118. The van der Waals surface area contributed by atoms with Gasteiger partial charge in [0.25, 0.3) is 0 Å². The molecule has 0 saturated carbocycles. The number of hydrogen-bond donors (Lipinski definition) is 1. The van der Waals surface area contributed by atoms with E-state index in [1.54, 1.807) is 36.4 Å². The van der Waals surface area contributed by atoms with Gasteiger partial charge in [0, 0.05) is 25.2 Å². The van der Waals surface area contributed by atoms with E-state index in [2.05, 4.69) is 11.4 Å². The third-order valence-electron chi connectivity index (χ3n) is 4.43. The summed E-state index contributed by atoms with van der Waals surface area (Å²) >= 11 is 0. The third-order valence-corrected chi connectivity index (χ3v) is 6.49. The molecule has 0 aliphatic carbocycles. The van der Waals surface area contributed by atoms with Crippen molar-refractivity contribution in [1.29, 1.82) is 5.26 Å². The molecule has 148 valence electrons. The summed E-state index contributed by atoms with van der Waals surface area (Å²) in [7, 11) is -3.46. The van der Waals surface area contributed by atoms with E-state index in [4.69, 9.17) is 5.26 Å². The van der Waals surface area contributed by atoms with E-state index < -0.39 is 10.0 Å². The molecule has 2 rings (SSSR count). The maximum atomic E-state index is 12.5. The first kappa shape index (κ1) is 21.6. The van der Waals surface area contributed by atoms with E-state index in [-0.39, 0.29) is 10.8 Å². The Morgan fingerprint density at radius 1 is 1.00 bits per heavy atom. The Balaban J connectivity index is 1.92. The van der Waals surface area contributed by atoms with Crippen molar-refractivity contribution in [3.8, 4) is 6.07 Å². The van der Waals surface area contributed by atoms with Gasteiger partial charge in [0.15, 0.2) is 0 Å².